The maximum absolute atomic E-state index is 13.7. The van der Waals surface area contributed by atoms with Crippen molar-refractivity contribution in [3.05, 3.63) is 29.1 Å². The van der Waals surface area contributed by atoms with Crippen molar-refractivity contribution in [2.75, 3.05) is 18.0 Å². The molecule has 0 aromatic heterocycles. The van der Waals surface area contributed by atoms with Gasteiger partial charge in [0, 0.05) is 24.8 Å². The van der Waals surface area contributed by atoms with Crippen LogP contribution in [0.4, 0.5) is 10.1 Å². The molecule has 1 aromatic rings. The van der Waals surface area contributed by atoms with Gasteiger partial charge in [-0.2, -0.15) is 0 Å². The molecule has 19 heavy (non-hydrogen) atoms. The number of hydrogen-bond donors (Lipinski definition) is 2. The third kappa shape index (κ3) is 4.18. The van der Waals surface area contributed by atoms with Gasteiger partial charge in [0.2, 0.25) is 0 Å². The van der Waals surface area contributed by atoms with Crippen LogP contribution in [0.1, 0.15) is 44.9 Å². The van der Waals surface area contributed by atoms with Crippen molar-refractivity contribution in [2.45, 2.75) is 46.3 Å². The maximum Gasteiger partial charge on any atom is 0.126 e. The Morgan fingerprint density at radius 3 is 2.42 bits per heavy atom. The van der Waals surface area contributed by atoms with Crippen LogP contribution in [0.5, 0.6) is 0 Å². The Labute approximate surface area is 115 Å². The van der Waals surface area contributed by atoms with E-state index >= 15 is 0 Å². The van der Waals surface area contributed by atoms with Gasteiger partial charge in [-0.15, -0.1) is 0 Å². The Hall–Kier alpha value is -1.13. The van der Waals surface area contributed by atoms with Gasteiger partial charge >= 0.3 is 0 Å². The summed E-state index contributed by atoms with van der Waals surface area (Å²) in [6.45, 7) is 10.3. The summed E-state index contributed by atoms with van der Waals surface area (Å²) in [5, 5.41) is 9.99. The fraction of sp³-hybridized carbons (Fsp3) is 0.600. The number of anilines is 1. The van der Waals surface area contributed by atoms with Gasteiger partial charge in [-0.3, -0.25) is 0 Å². The van der Waals surface area contributed by atoms with Gasteiger partial charge in [0.05, 0.1) is 5.60 Å². The molecule has 1 rings (SSSR count). The first-order valence-electron chi connectivity index (χ1n) is 6.68. The minimum absolute atomic E-state index is 0.240. The van der Waals surface area contributed by atoms with Crippen LogP contribution in [-0.2, 0) is 0 Å². The molecule has 3 nitrogen and oxygen atoms in total. The van der Waals surface area contributed by atoms with Crippen LogP contribution in [0, 0.1) is 12.7 Å². The van der Waals surface area contributed by atoms with Crippen LogP contribution in [0.3, 0.4) is 0 Å². The Morgan fingerprint density at radius 2 is 2.00 bits per heavy atom. The van der Waals surface area contributed by atoms with E-state index in [1.165, 1.54) is 6.07 Å². The van der Waals surface area contributed by atoms with Crippen molar-refractivity contribution in [1.29, 1.82) is 0 Å². The van der Waals surface area contributed by atoms with Crippen LogP contribution < -0.4 is 10.6 Å². The van der Waals surface area contributed by atoms with E-state index in [4.69, 9.17) is 5.73 Å². The lowest BCUT2D eigenvalue weighted by Gasteiger charge is -2.32. The number of aliphatic hydroxyl groups is 1. The number of likely N-dealkylation sites (N-methyl/N-ethyl adjacent to an activating group) is 1. The fourth-order valence-corrected chi connectivity index (χ4v) is 2.15. The second-order valence-corrected chi connectivity index (χ2v) is 5.78. The molecule has 0 saturated heterocycles. The molecule has 0 aliphatic carbocycles. The van der Waals surface area contributed by atoms with E-state index in [0.717, 1.165) is 17.8 Å². The molecule has 0 aliphatic heterocycles. The Balaban J connectivity index is 3.25. The molecule has 0 bridgehead atoms. The van der Waals surface area contributed by atoms with Crippen LogP contribution in [0.2, 0.25) is 0 Å². The topological polar surface area (TPSA) is 49.5 Å². The average molecular weight is 268 g/mol. The van der Waals surface area contributed by atoms with Crippen LogP contribution >= 0.6 is 0 Å². The van der Waals surface area contributed by atoms with Crippen LogP contribution in [0.25, 0.3) is 0 Å². The Bertz CT molecular complexity index is 439. The third-order valence-corrected chi connectivity index (χ3v) is 3.10. The number of hydrogen-bond acceptors (Lipinski definition) is 3. The highest BCUT2D eigenvalue weighted by atomic mass is 19.1. The van der Waals surface area contributed by atoms with Gasteiger partial charge in [0.25, 0.3) is 0 Å². The minimum atomic E-state index is -0.812. The molecule has 0 fully saturated rings. The fourth-order valence-electron chi connectivity index (χ4n) is 2.15. The highest BCUT2D eigenvalue weighted by Crippen LogP contribution is 2.29. The van der Waals surface area contributed by atoms with Gasteiger partial charge in [0.15, 0.2) is 0 Å². The van der Waals surface area contributed by atoms with Crippen molar-refractivity contribution >= 4 is 5.69 Å². The van der Waals surface area contributed by atoms with Crippen LogP contribution in [0.15, 0.2) is 12.1 Å². The third-order valence-electron chi connectivity index (χ3n) is 3.10. The number of benzene rings is 1. The van der Waals surface area contributed by atoms with E-state index in [1.54, 1.807) is 20.8 Å². The smallest absolute Gasteiger partial charge is 0.126 e. The van der Waals surface area contributed by atoms with E-state index in [-0.39, 0.29) is 11.9 Å². The zero-order valence-corrected chi connectivity index (χ0v) is 12.5. The molecule has 0 unspecified atom stereocenters. The summed E-state index contributed by atoms with van der Waals surface area (Å²) in [5.74, 6) is -0.240. The molecule has 1 atom stereocenters. The van der Waals surface area contributed by atoms with Crippen molar-refractivity contribution in [3.8, 4) is 0 Å². The minimum Gasteiger partial charge on any atom is -0.389 e. The number of halogens is 1. The monoisotopic (exact) mass is 268 g/mol. The molecular formula is C15H25FN2O. The summed E-state index contributed by atoms with van der Waals surface area (Å²) in [6, 6.07) is 3.06. The van der Waals surface area contributed by atoms with E-state index in [9.17, 15) is 9.50 Å². The highest BCUT2D eigenvalue weighted by molar-refractivity contribution is 5.57. The van der Waals surface area contributed by atoms with Crippen molar-refractivity contribution < 1.29 is 9.50 Å². The molecule has 0 amide bonds. The van der Waals surface area contributed by atoms with E-state index < -0.39 is 5.60 Å². The van der Waals surface area contributed by atoms with E-state index in [1.807, 2.05) is 24.8 Å². The summed E-state index contributed by atoms with van der Waals surface area (Å²) in [6.07, 6.45) is 0. The lowest BCUT2D eigenvalue weighted by Crippen LogP contribution is -2.39. The molecular weight excluding hydrogens is 243 g/mol. The van der Waals surface area contributed by atoms with Crippen molar-refractivity contribution in [3.63, 3.8) is 0 Å². The first-order chi connectivity index (χ1) is 8.65. The number of nitrogens with two attached hydrogens (primary N) is 1. The van der Waals surface area contributed by atoms with Gasteiger partial charge in [-0.25, -0.2) is 4.39 Å². The molecule has 4 heteroatoms. The maximum atomic E-state index is 13.7. The first-order valence-corrected chi connectivity index (χ1v) is 6.68. The average Bonchev–Trinajstić information content (AvgIpc) is 2.27. The predicted octanol–water partition coefficient (Wildman–Crippen LogP) is 2.75. The number of nitrogens with zero attached hydrogens (tertiary/aromatic N) is 1. The molecule has 0 heterocycles. The molecule has 0 spiro atoms. The van der Waals surface area contributed by atoms with E-state index in [0.29, 0.717) is 12.1 Å². The van der Waals surface area contributed by atoms with Gasteiger partial charge in [-0.05, 0) is 57.9 Å². The Kier molecular flexibility index (Phi) is 4.93. The summed E-state index contributed by atoms with van der Waals surface area (Å²) < 4.78 is 13.7. The number of rotatable bonds is 5. The quantitative estimate of drug-likeness (QED) is 0.863. The summed E-state index contributed by atoms with van der Waals surface area (Å²) in [5.41, 5.74) is 7.39. The highest BCUT2D eigenvalue weighted by Gasteiger charge is 2.21. The van der Waals surface area contributed by atoms with Crippen LogP contribution in [-0.4, -0.2) is 23.8 Å². The zero-order valence-electron chi connectivity index (χ0n) is 12.5. The van der Waals surface area contributed by atoms with Gasteiger partial charge < -0.3 is 15.7 Å². The zero-order chi connectivity index (χ0) is 14.8. The lowest BCUT2D eigenvalue weighted by molar-refractivity contribution is 0.0875. The summed E-state index contributed by atoms with van der Waals surface area (Å²) in [7, 11) is 0. The first kappa shape index (κ1) is 15.9. The molecule has 0 radical (unpaired) electrons. The van der Waals surface area contributed by atoms with Gasteiger partial charge in [-0.1, -0.05) is 0 Å². The Morgan fingerprint density at radius 1 is 1.42 bits per heavy atom. The normalized spacial score (nSPS) is 13.5. The largest absolute Gasteiger partial charge is 0.389 e. The molecule has 108 valence electrons. The second-order valence-electron chi connectivity index (χ2n) is 5.78. The summed E-state index contributed by atoms with van der Waals surface area (Å²) >= 11 is 0. The molecule has 0 aliphatic rings. The SMILES string of the molecule is CCN(CC(C)(C)O)c1cc(C)c(F)cc1[C@H](C)N. The lowest BCUT2D eigenvalue weighted by atomic mass is 10.0. The molecule has 3 N–H and O–H groups in total. The standard InChI is InChI=1S/C15H25FN2O/c1-6-18(9-15(4,5)19)14-7-10(2)13(16)8-12(14)11(3)17/h7-8,11,19H,6,9,17H2,1-5H3/t11-/m0/s1. The van der Waals surface area contributed by atoms with Gasteiger partial charge in [0.1, 0.15) is 5.82 Å². The predicted molar refractivity (Wildman–Crippen MR) is 77.9 cm³/mol. The molecule has 1 aromatic carbocycles. The van der Waals surface area contributed by atoms with E-state index in [2.05, 4.69) is 0 Å². The van der Waals surface area contributed by atoms with Crippen molar-refractivity contribution in [2.24, 2.45) is 5.73 Å². The number of aryl methyl sites for hydroxylation is 1. The second kappa shape index (κ2) is 5.88. The molecule has 0 saturated carbocycles. The summed E-state index contributed by atoms with van der Waals surface area (Å²) in [4.78, 5) is 2.03. The van der Waals surface area contributed by atoms with Crippen molar-refractivity contribution in [1.82, 2.24) is 0 Å².